The molecule has 21 heavy (non-hydrogen) atoms. The molecule has 6 heteroatoms. The lowest BCUT2D eigenvalue weighted by Gasteiger charge is -2.14. The van der Waals surface area contributed by atoms with Crippen LogP contribution in [0.5, 0.6) is 0 Å². The van der Waals surface area contributed by atoms with Crippen molar-refractivity contribution in [3.8, 4) is 0 Å². The standard InChI is InChI=1S/C15H20N2O2S2/c1-10-6-13(16)9-15(7-10)21(18,19)17-11(2)8-14-5-4-12(3)20-14/h4-7,9,11,17H,8,16H2,1-3H3. The summed E-state index contributed by atoms with van der Waals surface area (Å²) in [7, 11) is -3.54. The fraction of sp³-hybridized carbons (Fsp3) is 0.333. The van der Waals surface area contributed by atoms with Crippen molar-refractivity contribution in [3.05, 3.63) is 45.6 Å². The monoisotopic (exact) mass is 324 g/mol. The first-order chi connectivity index (χ1) is 9.76. The predicted molar refractivity (Wildman–Crippen MR) is 88.1 cm³/mol. The Morgan fingerprint density at radius 2 is 1.95 bits per heavy atom. The first kappa shape index (κ1) is 16.0. The molecule has 1 aromatic carbocycles. The van der Waals surface area contributed by atoms with Gasteiger partial charge in [-0.15, -0.1) is 11.3 Å². The molecule has 0 radical (unpaired) electrons. The molecule has 3 N–H and O–H groups in total. The molecule has 0 bridgehead atoms. The highest BCUT2D eigenvalue weighted by Crippen LogP contribution is 2.19. The van der Waals surface area contributed by atoms with Gasteiger partial charge in [-0.2, -0.15) is 0 Å². The van der Waals surface area contributed by atoms with Crippen LogP contribution < -0.4 is 10.5 Å². The molecule has 2 aromatic rings. The van der Waals surface area contributed by atoms with Crippen LogP contribution in [0.15, 0.2) is 35.2 Å². The van der Waals surface area contributed by atoms with E-state index in [0.29, 0.717) is 12.1 Å². The largest absolute Gasteiger partial charge is 0.399 e. The zero-order valence-corrected chi connectivity index (χ0v) is 14.0. The Balaban J connectivity index is 2.13. The van der Waals surface area contributed by atoms with E-state index in [9.17, 15) is 8.42 Å². The van der Waals surface area contributed by atoms with Crippen LogP contribution in [0.25, 0.3) is 0 Å². The minimum atomic E-state index is -3.54. The quantitative estimate of drug-likeness (QED) is 0.831. The summed E-state index contributed by atoms with van der Waals surface area (Å²) in [5.41, 5.74) is 7.01. The van der Waals surface area contributed by atoms with Crippen molar-refractivity contribution in [2.24, 2.45) is 0 Å². The van der Waals surface area contributed by atoms with Crippen molar-refractivity contribution in [1.82, 2.24) is 4.72 Å². The Bertz CT molecular complexity index is 716. The van der Waals surface area contributed by atoms with Crippen LogP contribution in [0, 0.1) is 13.8 Å². The minimum Gasteiger partial charge on any atom is -0.399 e. The SMILES string of the molecule is Cc1cc(N)cc(S(=O)(=O)NC(C)Cc2ccc(C)s2)c1. The summed E-state index contributed by atoms with van der Waals surface area (Å²) in [4.78, 5) is 2.62. The van der Waals surface area contributed by atoms with E-state index in [0.717, 1.165) is 5.56 Å². The Morgan fingerprint density at radius 1 is 1.24 bits per heavy atom. The molecule has 0 spiro atoms. The number of rotatable bonds is 5. The summed E-state index contributed by atoms with van der Waals surface area (Å²) < 4.78 is 27.5. The molecule has 0 aliphatic rings. The summed E-state index contributed by atoms with van der Waals surface area (Å²) in [5.74, 6) is 0. The van der Waals surface area contributed by atoms with Gasteiger partial charge in [0.05, 0.1) is 4.90 Å². The van der Waals surface area contributed by atoms with Gasteiger partial charge < -0.3 is 5.73 Å². The molecule has 0 aliphatic heterocycles. The maximum absolute atomic E-state index is 12.4. The van der Waals surface area contributed by atoms with E-state index < -0.39 is 10.0 Å². The van der Waals surface area contributed by atoms with Crippen LogP contribution in [-0.4, -0.2) is 14.5 Å². The van der Waals surface area contributed by atoms with Gasteiger partial charge in [-0.1, -0.05) is 0 Å². The third-order valence-electron chi connectivity index (χ3n) is 3.04. The van der Waals surface area contributed by atoms with E-state index in [4.69, 9.17) is 5.73 Å². The topological polar surface area (TPSA) is 72.2 Å². The lowest BCUT2D eigenvalue weighted by molar-refractivity contribution is 0.560. The maximum atomic E-state index is 12.4. The molecule has 0 saturated heterocycles. The molecule has 1 atom stereocenters. The van der Waals surface area contributed by atoms with E-state index in [-0.39, 0.29) is 10.9 Å². The number of benzene rings is 1. The first-order valence-corrected chi connectivity index (χ1v) is 9.01. The van der Waals surface area contributed by atoms with Crippen LogP contribution in [0.4, 0.5) is 5.69 Å². The van der Waals surface area contributed by atoms with Crippen molar-refractivity contribution in [3.63, 3.8) is 0 Å². The van der Waals surface area contributed by atoms with Crippen molar-refractivity contribution in [1.29, 1.82) is 0 Å². The molecular weight excluding hydrogens is 304 g/mol. The maximum Gasteiger partial charge on any atom is 0.240 e. The van der Waals surface area contributed by atoms with Gasteiger partial charge in [-0.05, 0) is 63.1 Å². The van der Waals surface area contributed by atoms with Gasteiger partial charge in [0.2, 0.25) is 10.0 Å². The van der Waals surface area contributed by atoms with Crippen molar-refractivity contribution in [2.45, 2.75) is 38.1 Å². The van der Waals surface area contributed by atoms with Gasteiger partial charge in [0, 0.05) is 21.5 Å². The number of nitrogens with two attached hydrogens (primary N) is 1. The van der Waals surface area contributed by atoms with E-state index >= 15 is 0 Å². The Morgan fingerprint density at radius 3 is 2.52 bits per heavy atom. The molecule has 1 unspecified atom stereocenters. The molecule has 0 fully saturated rings. The minimum absolute atomic E-state index is 0.171. The average molecular weight is 324 g/mol. The number of hydrogen-bond donors (Lipinski definition) is 2. The lowest BCUT2D eigenvalue weighted by Crippen LogP contribution is -2.34. The molecule has 2 rings (SSSR count). The number of hydrogen-bond acceptors (Lipinski definition) is 4. The Labute approximate surface area is 130 Å². The smallest absolute Gasteiger partial charge is 0.240 e. The van der Waals surface area contributed by atoms with Crippen LogP contribution in [-0.2, 0) is 16.4 Å². The number of aryl methyl sites for hydroxylation is 2. The van der Waals surface area contributed by atoms with E-state index in [1.165, 1.54) is 15.8 Å². The summed E-state index contributed by atoms with van der Waals surface area (Å²) in [6.07, 6.45) is 0.680. The number of anilines is 1. The lowest BCUT2D eigenvalue weighted by atomic mass is 10.2. The van der Waals surface area contributed by atoms with Gasteiger partial charge in [0.1, 0.15) is 0 Å². The zero-order valence-electron chi connectivity index (χ0n) is 12.4. The highest BCUT2D eigenvalue weighted by atomic mass is 32.2. The fourth-order valence-corrected chi connectivity index (χ4v) is 4.60. The normalized spacial score (nSPS) is 13.3. The average Bonchev–Trinajstić information content (AvgIpc) is 2.72. The molecule has 4 nitrogen and oxygen atoms in total. The molecular formula is C15H20N2O2S2. The van der Waals surface area contributed by atoms with Gasteiger partial charge >= 0.3 is 0 Å². The number of nitrogen functional groups attached to an aromatic ring is 1. The van der Waals surface area contributed by atoms with E-state index in [1.807, 2.05) is 32.9 Å². The van der Waals surface area contributed by atoms with E-state index in [1.54, 1.807) is 23.5 Å². The molecule has 0 saturated carbocycles. The van der Waals surface area contributed by atoms with Crippen LogP contribution in [0.1, 0.15) is 22.2 Å². The van der Waals surface area contributed by atoms with Crippen molar-refractivity contribution < 1.29 is 8.42 Å². The van der Waals surface area contributed by atoms with Crippen LogP contribution in [0.3, 0.4) is 0 Å². The van der Waals surface area contributed by atoms with Crippen LogP contribution >= 0.6 is 11.3 Å². The summed E-state index contributed by atoms with van der Waals surface area (Å²) in [5, 5.41) is 0. The molecule has 1 aromatic heterocycles. The van der Waals surface area contributed by atoms with E-state index in [2.05, 4.69) is 4.72 Å². The first-order valence-electron chi connectivity index (χ1n) is 6.71. The number of thiophene rings is 1. The van der Waals surface area contributed by atoms with Gasteiger partial charge in [-0.3, -0.25) is 0 Å². The van der Waals surface area contributed by atoms with Crippen molar-refractivity contribution in [2.75, 3.05) is 5.73 Å². The third-order valence-corrected chi connectivity index (χ3v) is 5.64. The molecule has 0 aliphatic carbocycles. The summed E-state index contributed by atoms with van der Waals surface area (Å²) in [6, 6.07) is 8.77. The van der Waals surface area contributed by atoms with Crippen molar-refractivity contribution >= 4 is 27.0 Å². The Kier molecular flexibility index (Phi) is 4.70. The third kappa shape index (κ3) is 4.30. The Hall–Kier alpha value is -1.37. The van der Waals surface area contributed by atoms with Gasteiger partial charge in [-0.25, -0.2) is 13.1 Å². The second kappa shape index (κ2) is 6.17. The fourth-order valence-electron chi connectivity index (χ4n) is 2.20. The molecule has 1 heterocycles. The van der Waals surface area contributed by atoms with Crippen LogP contribution in [0.2, 0.25) is 0 Å². The molecule has 0 amide bonds. The zero-order chi connectivity index (χ0) is 15.6. The number of nitrogens with one attached hydrogen (secondary N) is 1. The highest BCUT2D eigenvalue weighted by Gasteiger charge is 2.18. The summed E-state index contributed by atoms with van der Waals surface area (Å²) >= 11 is 1.69. The molecule has 114 valence electrons. The second-order valence-corrected chi connectivity index (χ2v) is 8.40. The van der Waals surface area contributed by atoms with Gasteiger partial charge in [0.15, 0.2) is 0 Å². The second-order valence-electron chi connectivity index (χ2n) is 5.32. The number of sulfonamides is 1. The summed E-state index contributed by atoms with van der Waals surface area (Å²) in [6.45, 7) is 5.73. The van der Waals surface area contributed by atoms with Gasteiger partial charge in [0.25, 0.3) is 0 Å². The highest BCUT2D eigenvalue weighted by molar-refractivity contribution is 7.89. The predicted octanol–water partition coefficient (Wildman–Crippen LogP) is 2.86.